The van der Waals surface area contributed by atoms with E-state index >= 15 is 0 Å². The van der Waals surface area contributed by atoms with Crippen LogP contribution in [0.3, 0.4) is 0 Å². The molecular formula is C19H22N6. The quantitative estimate of drug-likeness (QED) is 0.795. The summed E-state index contributed by atoms with van der Waals surface area (Å²) in [4.78, 5) is 11.4. The summed E-state index contributed by atoms with van der Waals surface area (Å²) in [6.07, 6.45) is 4.68. The zero-order valence-corrected chi connectivity index (χ0v) is 14.6. The van der Waals surface area contributed by atoms with Gasteiger partial charge in [0.15, 0.2) is 5.82 Å². The van der Waals surface area contributed by atoms with Crippen molar-refractivity contribution < 1.29 is 0 Å². The van der Waals surface area contributed by atoms with Crippen LogP contribution >= 0.6 is 0 Å². The van der Waals surface area contributed by atoms with Gasteiger partial charge in [-0.15, -0.1) is 0 Å². The Hall–Kier alpha value is -2.89. The lowest BCUT2D eigenvalue weighted by molar-refractivity contribution is 0.787. The van der Waals surface area contributed by atoms with Gasteiger partial charge in [-0.1, -0.05) is 18.2 Å². The molecule has 0 amide bonds. The van der Waals surface area contributed by atoms with Gasteiger partial charge >= 0.3 is 0 Å². The topological polar surface area (TPSA) is 58.9 Å². The minimum absolute atomic E-state index is 0.418. The molecule has 0 spiro atoms. The van der Waals surface area contributed by atoms with E-state index in [1.807, 2.05) is 36.9 Å². The van der Waals surface area contributed by atoms with Crippen LogP contribution in [0.2, 0.25) is 0 Å². The van der Waals surface area contributed by atoms with E-state index in [1.54, 1.807) is 6.20 Å². The van der Waals surface area contributed by atoms with E-state index in [9.17, 15) is 0 Å². The minimum atomic E-state index is 0.418. The van der Waals surface area contributed by atoms with Gasteiger partial charge < -0.3 is 10.2 Å². The molecule has 2 aromatic heterocycles. The van der Waals surface area contributed by atoms with Crippen molar-refractivity contribution in [1.29, 1.82) is 0 Å². The summed E-state index contributed by atoms with van der Waals surface area (Å²) in [5, 5.41) is 8.09. The molecule has 1 atom stereocenters. The zero-order valence-electron chi connectivity index (χ0n) is 14.6. The molecule has 0 radical (unpaired) electrons. The van der Waals surface area contributed by atoms with Gasteiger partial charge in [-0.3, -0.25) is 4.98 Å². The van der Waals surface area contributed by atoms with Gasteiger partial charge in [0.05, 0.1) is 18.1 Å². The van der Waals surface area contributed by atoms with Gasteiger partial charge in [-0.05, 0) is 38.5 Å². The van der Waals surface area contributed by atoms with Crippen molar-refractivity contribution >= 4 is 11.5 Å². The Morgan fingerprint density at radius 3 is 2.64 bits per heavy atom. The molecule has 1 aliphatic heterocycles. The Bertz CT molecular complexity index is 857. The van der Waals surface area contributed by atoms with Crippen LogP contribution in [0.5, 0.6) is 0 Å². The zero-order chi connectivity index (χ0) is 17.2. The van der Waals surface area contributed by atoms with Crippen LogP contribution in [0.25, 0.3) is 5.82 Å². The van der Waals surface area contributed by atoms with Gasteiger partial charge in [0.2, 0.25) is 0 Å². The second kappa shape index (κ2) is 6.55. The van der Waals surface area contributed by atoms with Crippen LogP contribution in [0.1, 0.15) is 17.8 Å². The molecule has 1 aromatic carbocycles. The molecule has 1 aliphatic rings. The third kappa shape index (κ3) is 3.33. The third-order valence-electron chi connectivity index (χ3n) is 4.49. The van der Waals surface area contributed by atoms with E-state index in [-0.39, 0.29) is 0 Å². The predicted octanol–water partition coefficient (Wildman–Crippen LogP) is 2.97. The maximum Gasteiger partial charge on any atom is 0.174 e. The summed E-state index contributed by atoms with van der Waals surface area (Å²) in [5.41, 5.74) is 3.21. The largest absolute Gasteiger partial charge is 0.380 e. The molecule has 3 aromatic rings. The van der Waals surface area contributed by atoms with Gasteiger partial charge in [0.25, 0.3) is 0 Å². The molecule has 25 heavy (non-hydrogen) atoms. The number of hydrogen-bond donors (Lipinski definition) is 1. The van der Waals surface area contributed by atoms with Crippen LogP contribution < -0.4 is 10.2 Å². The Morgan fingerprint density at radius 1 is 1.08 bits per heavy atom. The number of anilines is 2. The minimum Gasteiger partial charge on any atom is -0.380 e. The first-order chi connectivity index (χ1) is 12.2. The second-order valence-corrected chi connectivity index (χ2v) is 6.52. The molecule has 1 fully saturated rings. The van der Waals surface area contributed by atoms with Crippen molar-refractivity contribution in [2.45, 2.75) is 26.3 Å². The van der Waals surface area contributed by atoms with Gasteiger partial charge in [-0.2, -0.15) is 5.10 Å². The van der Waals surface area contributed by atoms with Crippen LogP contribution in [0.15, 0.2) is 48.8 Å². The fourth-order valence-electron chi connectivity index (χ4n) is 3.32. The van der Waals surface area contributed by atoms with Crippen LogP contribution in [-0.2, 0) is 0 Å². The Kier molecular flexibility index (Phi) is 4.09. The Balaban J connectivity index is 1.49. The summed E-state index contributed by atoms with van der Waals surface area (Å²) in [5.74, 6) is 1.67. The van der Waals surface area contributed by atoms with Crippen molar-refractivity contribution in [3.05, 3.63) is 60.2 Å². The molecule has 0 saturated carbocycles. The highest BCUT2D eigenvalue weighted by atomic mass is 15.3. The summed E-state index contributed by atoms with van der Waals surface area (Å²) in [6, 6.07) is 12.8. The lowest BCUT2D eigenvalue weighted by atomic mass is 10.2. The first-order valence-corrected chi connectivity index (χ1v) is 8.61. The van der Waals surface area contributed by atoms with E-state index in [2.05, 4.69) is 44.6 Å². The van der Waals surface area contributed by atoms with Crippen molar-refractivity contribution in [3.8, 4) is 5.82 Å². The molecule has 3 heterocycles. The maximum atomic E-state index is 4.78. The number of nitrogens with one attached hydrogen (secondary N) is 1. The summed E-state index contributed by atoms with van der Waals surface area (Å²) in [6.45, 7) is 5.91. The number of aromatic nitrogens is 4. The predicted molar refractivity (Wildman–Crippen MR) is 99.3 cm³/mol. The average Bonchev–Trinajstić information content (AvgIpc) is 3.22. The number of benzene rings is 1. The van der Waals surface area contributed by atoms with E-state index in [1.165, 1.54) is 0 Å². The molecule has 128 valence electrons. The summed E-state index contributed by atoms with van der Waals surface area (Å²) >= 11 is 0. The van der Waals surface area contributed by atoms with Gasteiger partial charge in [-0.25, -0.2) is 9.67 Å². The molecule has 1 N–H and O–H groups in total. The molecule has 6 nitrogen and oxygen atoms in total. The smallest absolute Gasteiger partial charge is 0.174 e. The number of rotatable bonds is 4. The third-order valence-corrected chi connectivity index (χ3v) is 4.49. The van der Waals surface area contributed by atoms with Gasteiger partial charge in [0, 0.05) is 30.5 Å². The number of para-hydroxylation sites is 1. The lowest BCUT2D eigenvalue weighted by Crippen LogP contribution is -2.27. The first-order valence-electron chi connectivity index (χ1n) is 8.61. The molecular weight excluding hydrogens is 312 g/mol. The Morgan fingerprint density at radius 2 is 1.88 bits per heavy atom. The highest BCUT2D eigenvalue weighted by Gasteiger charge is 2.24. The number of hydrogen-bond acceptors (Lipinski definition) is 5. The van der Waals surface area contributed by atoms with E-state index < -0.39 is 0 Å². The van der Waals surface area contributed by atoms with Gasteiger partial charge in [0.1, 0.15) is 5.82 Å². The van der Waals surface area contributed by atoms with E-state index in [4.69, 9.17) is 4.98 Å². The normalized spacial score (nSPS) is 17.0. The fourth-order valence-corrected chi connectivity index (χ4v) is 3.32. The lowest BCUT2D eigenvalue weighted by Gasteiger charge is -2.19. The molecule has 4 rings (SSSR count). The fraction of sp³-hybridized carbons (Fsp3) is 0.316. The number of aryl methyl sites for hydroxylation is 2. The SMILES string of the molecule is Cc1cc(C)n(-c2cncc(N3CCC(Nc4ccccc4)C3)n2)n1. The molecule has 1 saturated heterocycles. The monoisotopic (exact) mass is 334 g/mol. The van der Waals surface area contributed by atoms with Crippen molar-refractivity contribution in [2.75, 3.05) is 23.3 Å². The average molecular weight is 334 g/mol. The molecule has 6 heteroatoms. The highest BCUT2D eigenvalue weighted by molar-refractivity contribution is 5.47. The molecule has 1 unspecified atom stereocenters. The Labute approximate surface area is 147 Å². The summed E-state index contributed by atoms with van der Waals surface area (Å²) < 4.78 is 1.85. The maximum absolute atomic E-state index is 4.78. The highest BCUT2D eigenvalue weighted by Crippen LogP contribution is 2.21. The summed E-state index contributed by atoms with van der Waals surface area (Å²) in [7, 11) is 0. The second-order valence-electron chi connectivity index (χ2n) is 6.52. The van der Waals surface area contributed by atoms with Crippen molar-refractivity contribution in [1.82, 2.24) is 19.7 Å². The standard InChI is InChI=1S/C19H22N6/c1-14-10-15(2)25(23-14)19-12-20-11-18(22-19)24-9-8-17(13-24)21-16-6-4-3-5-7-16/h3-7,10-12,17,21H,8-9,13H2,1-2H3. The molecule has 0 bridgehead atoms. The van der Waals surface area contributed by atoms with Crippen LogP contribution in [0, 0.1) is 13.8 Å². The number of nitrogens with zero attached hydrogens (tertiary/aromatic N) is 5. The van der Waals surface area contributed by atoms with Crippen molar-refractivity contribution in [2.24, 2.45) is 0 Å². The first kappa shape index (κ1) is 15.6. The van der Waals surface area contributed by atoms with Crippen LogP contribution in [0.4, 0.5) is 11.5 Å². The molecule has 0 aliphatic carbocycles. The van der Waals surface area contributed by atoms with E-state index in [0.717, 1.165) is 48.2 Å². The van der Waals surface area contributed by atoms with E-state index in [0.29, 0.717) is 6.04 Å². The van der Waals surface area contributed by atoms with Crippen LogP contribution in [-0.4, -0.2) is 38.9 Å². The van der Waals surface area contributed by atoms with Crippen molar-refractivity contribution in [3.63, 3.8) is 0 Å².